The van der Waals surface area contributed by atoms with Crippen LogP contribution in [0.1, 0.15) is 0 Å². The minimum absolute atomic E-state index is 0.0452. The molecule has 2 aromatic heterocycles. The molecule has 0 aromatic carbocycles. The predicted molar refractivity (Wildman–Crippen MR) is 59.8 cm³/mol. The van der Waals surface area contributed by atoms with Gasteiger partial charge in [0.1, 0.15) is 5.82 Å². The molecule has 0 radical (unpaired) electrons. The maximum absolute atomic E-state index is 11.5. The fourth-order valence-corrected chi connectivity index (χ4v) is 1.45. The summed E-state index contributed by atoms with van der Waals surface area (Å²) in [4.78, 5) is 14.4. The molecule has 2 rings (SSSR count). The first kappa shape index (κ1) is 10.4. The highest BCUT2D eigenvalue weighted by atomic mass is 16.3. The monoisotopic (exact) mass is 220 g/mol. The van der Waals surface area contributed by atoms with E-state index >= 15 is 0 Å². The highest BCUT2D eigenvalue weighted by Gasteiger charge is 2.09. The van der Waals surface area contributed by atoms with Gasteiger partial charge in [-0.3, -0.25) is 4.79 Å². The first-order valence-electron chi connectivity index (χ1n) is 4.84. The summed E-state index contributed by atoms with van der Waals surface area (Å²) in [6.45, 7) is 0.271. The van der Waals surface area contributed by atoms with E-state index in [0.717, 1.165) is 0 Å². The van der Waals surface area contributed by atoms with Gasteiger partial charge in [0.2, 0.25) is 0 Å². The van der Waals surface area contributed by atoms with Crippen molar-refractivity contribution in [1.29, 1.82) is 0 Å². The molecule has 0 bridgehead atoms. The molecule has 84 valence electrons. The van der Waals surface area contributed by atoms with Crippen LogP contribution >= 0.6 is 0 Å². The second kappa shape index (κ2) is 4.19. The molecule has 16 heavy (non-hydrogen) atoms. The summed E-state index contributed by atoms with van der Waals surface area (Å²) in [6, 6.07) is 3.04. The van der Waals surface area contributed by atoms with Gasteiger partial charge in [0.15, 0.2) is 5.43 Å². The van der Waals surface area contributed by atoms with Gasteiger partial charge in [0.05, 0.1) is 24.4 Å². The minimum Gasteiger partial charge on any atom is -0.394 e. The Bertz CT molecular complexity index is 544. The van der Waals surface area contributed by atoms with E-state index in [2.05, 4.69) is 10.1 Å². The quantitative estimate of drug-likeness (QED) is 0.668. The second-order valence-electron chi connectivity index (χ2n) is 3.32. The van der Waals surface area contributed by atoms with Crippen LogP contribution in [0, 0.1) is 0 Å². The van der Waals surface area contributed by atoms with Gasteiger partial charge in [-0.25, -0.2) is 4.68 Å². The molecule has 0 unspecified atom stereocenters. The third-order valence-corrected chi connectivity index (χ3v) is 2.22. The lowest BCUT2D eigenvalue weighted by Crippen LogP contribution is -2.08. The largest absolute Gasteiger partial charge is 0.394 e. The Balaban J connectivity index is 2.46. The molecule has 6 nitrogen and oxygen atoms in total. The Morgan fingerprint density at radius 1 is 1.56 bits per heavy atom. The molecule has 4 N–H and O–H groups in total. The van der Waals surface area contributed by atoms with Crippen molar-refractivity contribution in [3.8, 4) is 11.3 Å². The van der Waals surface area contributed by atoms with Gasteiger partial charge >= 0.3 is 0 Å². The lowest BCUT2D eigenvalue weighted by atomic mass is 10.2. The highest BCUT2D eigenvalue weighted by Crippen LogP contribution is 2.15. The molecule has 2 aromatic rings. The predicted octanol–water partition coefficient (Wildman–Crippen LogP) is -0.187. The summed E-state index contributed by atoms with van der Waals surface area (Å²) < 4.78 is 1.46. The SMILES string of the molecule is Nc1cc(-c2c[nH]ccc2=O)nn1CCO. The summed E-state index contributed by atoms with van der Waals surface area (Å²) in [5.41, 5.74) is 6.54. The normalized spacial score (nSPS) is 10.6. The van der Waals surface area contributed by atoms with E-state index < -0.39 is 0 Å². The summed E-state index contributed by atoms with van der Waals surface area (Å²) in [5, 5.41) is 12.9. The zero-order valence-electron chi connectivity index (χ0n) is 8.55. The Kier molecular flexibility index (Phi) is 2.74. The zero-order chi connectivity index (χ0) is 11.5. The maximum Gasteiger partial charge on any atom is 0.190 e. The average molecular weight is 220 g/mol. The molecular formula is C10H12N4O2. The number of rotatable bonds is 3. The van der Waals surface area contributed by atoms with E-state index in [1.165, 1.54) is 10.7 Å². The van der Waals surface area contributed by atoms with E-state index in [9.17, 15) is 4.79 Å². The van der Waals surface area contributed by atoms with E-state index in [1.807, 2.05) is 0 Å². The molecule has 0 fully saturated rings. The van der Waals surface area contributed by atoms with Crippen molar-refractivity contribution < 1.29 is 5.11 Å². The van der Waals surface area contributed by atoms with Gasteiger partial charge in [0, 0.05) is 24.5 Å². The summed E-state index contributed by atoms with van der Waals surface area (Å²) in [5.74, 6) is 0.423. The maximum atomic E-state index is 11.5. The van der Waals surface area contributed by atoms with Crippen molar-refractivity contribution in [3.63, 3.8) is 0 Å². The topological polar surface area (TPSA) is 96.9 Å². The number of aliphatic hydroxyl groups is 1. The van der Waals surface area contributed by atoms with E-state index in [1.54, 1.807) is 18.5 Å². The van der Waals surface area contributed by atoms with Crippen LogP contribution in [0.15, 0.2) is 29.3 Å². The van der Waals surface area contributed by atoms with Crippen LogP contribution in [-0.2, 0) is 6.54 Å². The number of pyridine rings is 1. The minimum atomic E-state index is -0.118. The van der Waals surface area contributed by atoms with Gasteiger partial charge in [-0.05, 0) is 0 Å². The molecule has 2 heterocycles. The average Bonchev–Trinajstić information content (AvgIpc) is 2.61. The Hall–Kier alpha value is -2.08. The van der Waals surface area contributed by atoms with Crippen molar-refractivity contribution >= 4 is 5.82 Å². The number of nitrogens with zero attached hydrogens (tertiary/aromatic N) is 2. The van der Waals surface area contributed by atoms with Gasteiger partial charge in [-0.1, -0.05) is 0 Å². The van der Waals surface area contributed by atoms with Crippen LogP contribution in [0.5, 0.6) is 0 Å². The molecule has 0 atom stereocenters. The van der Waals surface area contributed by atoms with E-state index in [-0.39, 0.29) is 12.0 Å². The van der Waals surface area contributed by atoms with Crippen LogP contribution in [-0.4, -0.2) is 26.5 Å². The number of aromatic amines is 1. The Morgan fingerprint density at radius 2 is 2.38 bits per heavy atom. The number of anilines is 1. The molecule has 0 aliphatic rings. The number of aromatic nitrogens is 3. The molecular weight excluding hydrogens is 208 g/mol. The van der Waals surface area contributed by atoms with Gasteiger partial charge in [-0.2, -0.15) is 5.10 Å². The zero-order valence-corrected chi connectivity index (χ0v) is 8.55. The number of nitrogens with two attached hydrogens (primary N) is 1. The Morgan fingerprint density at radius 3 is 3.06 bits per heavy atom. The molecule has 0 saturated carbocycles. The fourth-order valence-electron chi connectivity index (χ4n) is 1.45. The van der Waals surface area contributed by atoms with Crippen LogP contribution in [0.2, 0.25) is 0 Å². The lowest BCUT2D eigenvalue weighted by molar-refractivity contribution is 0.270. The molecule has 0 aliphatic heterocycles. The van der Waals surface area contributed by atoms with Crippen LogP contribution < -0.4 is 11.2 Å². The smallest absolute Gasteiger partial charge is 0.190 e. The van der Waals surface area contributed by atoms with Gasteiger partial charge in [0.25, 0.3) is 0 Å². The fraction of sp³-hybridized carbons (Fsp3) is 0.200. The van der Waals surface area contributed by atoms with Crippen molar-refractivity contribution in [2.24, 2.45) is 0 Å². The highest BCUT2D eigenvalue weighted by molar-refractivity contribution is 5.60. The first-order chi connectivity index (χ1) is 7.72. The number of aliphatic hydroxyl groups excluding tert-OH is 1. The number of nitrogens with one attached hydrogen (secondary N) is 1. The molecule has 0 amide bonds. The molecule has 0 spiro atoms. The number of H-pyrrole nitrogens is 1. The molecule has 6 heteroatoms. The van der Waals surface area contributed by atoms with Crippen LogP contribution in [0.3, 0.4) is 0 Å². The Labute approximate surface area is 91.3 Å². The first-order valence-corrected chi connectivity index (χ1v) is 4.84. The van der Waals surface area contributed by atoms with E-state index in [0.29, 0.717) is 23.6 Å². The number of hydrogen-bond donors (Lipinski definition) is 3. The third-order valence-electron chi connectivity index (χ3n) is 2.22. The molecule has 0 aliphatic carbocycles. The summed E-state index contributed by atoms with van der Waals surface area (Å²) in [6.07, 6.45) is 3.13. The van der Waals surface area contributed by atoms with Crippen molar-refractivity contribution in [3.05, 3.63) is 34.7 Å². The van der Waals surface area contributed by atoms with Crippen molar-refractivity contribution in [2.45, 2.75) is 6.54 Å². The van der Waals surface area contributed by atoms with Gasteiger partial charge < -0.3 is 15.8 Å². The summed E-state index contributed by atoms with van der Waals surface area (Å²) >= 11 is 0. The van der Waals surface area contributed by atoms with Crippen molar-refractivity contribution in [1.82, 2.24) is 14.8 Å². The van der Waals surface area contributed by atoms with Crippen molar-refractivity contribution in [2.75, 3.05) is 12.3 Å². The second-order valence-corrected chi connectivity index (χ2v) is 3.32. The summed E-state index contributed by atoms with van der Waals surface area (Å²) in [7, 11) is 0. The standard InChI is InChI=1S/C10H12N4O2/c11-10-5-8(13-14(10)3-4-15)7-6-12-2-1-9(7)16/h1-2,5-6,15H,3-4,11H2,(H,12,16). The number of hydrogen-bond acceptors (Lipinski definition) is 4. The van der Waals surface area contributed by atoms with Crippen LogP contribution in [0.25, 0.3) is 11.3 Å². The van der Waals surface area contributed by atoms with E-state index in [4.69, 9.17) is 10.8 Å². The number of nitrogen functional groups attached to an aromatic ring is 1. The van der Waals surface area contributed by atoms with Crippen LogP contribution in [0.4, 0.5) is 5.82 Å². The lowest BCUT2D eigenvalue weighted by Gasteiger charge is -1.98. The van der Waals surface area contributed by atoms with Gasteiger partial charge in [-0.15, -0.1) is 0 Å². The molecule has 0 saturated heterocycles. The third kappa shape index (κ3) is 1.82.